The van der Waals surface area contributed by atoms with Crippen LogP contribution < -0.4 is 5.32 Å². The monoisotopic (exact) mass is 302 g/mol. The van der Waals surface area contributed by atoms with Gasteiger partial charge >= 0.3 is 0 Å². The molecule has 1 aliphatic rings. The highest BCUT2D eigenvalue weighted by atomic mass is 32.2. The summed E-state index contributed by atoms with van der Waals surface area (Å²) in [7, 11) is -1.52. The molecule has 1 aliphatic heterocycles. The zero-order valence-corrected chi connectivity index (χ0v) is 13.1. The number of nitrogens with zero attached hydrogens (tertiary/aromatic N) is 1. The van der Waals surface area contributed by atoms with Gasteiger partial charge in [-0.3, -0.25) is 0 Å². The minimum absolute atomic E-state index is 0.0893. The van der Waals surface area contributed by atoms with E-state index >= 15 is 0 Å². The third kappa shape index (κ3) is 3.78. The van der Waals surface area contributed by atoms with E-state index in [-0.39, 0.29) is 17.8 Å². The molecule has 1 fully saturated rings. The summed E-state index contributed by atoms with van der Waals surface area (Å²) in [6.07, 6.45) is 3.23. The highest BCUT2D eigenvalue weighted by Gasteiger charge is 2.28. The lowest BCUT2D eigenvalue weighted by atomic mass is 10.1. The molecular weight excluding hydrogens is 280 g/mol. The lowest BCUT2D eigenvalue weighted by Gasteiger charge is -2.28. The molecule has 0 amide bonds. The Morgan fingerprint density at radius 1 is 1.53 bits per heavy atom. The van der Waals surface area contributed by atoms with Crippen molar-refractivity contribution in [3.8, 4) is 0 Å². The quantitative estimate of drug-likeness (QED) is 0.907. The predicted molar refractivity (Wildman–Crippen MR) is 79.9 cm³/mol. The number of rotatable bonds is 5. The van der Waals surface area contributed by atoms with Gasteiger partial charge in [0.1, 0.15) is 0 Å². The minimum atomic E-state index is -3.21. The molecule has 2 unspecified atom stereocenters. The van der Waals surface area contributed by atoms with Crippen LogP contribution in [-0.4, -0.2) is 38.1 Å². The summed E-state index contributed by atoms with van der Waals surface area (Å²) in [6, 6.07) is 3.96. The van der Waals surface area contributed by atoms with E-state index in [4.69, 9.17) is 0 Å². The second-order valence-electron chi connectivity index (χ2n) is 5.13. The topological polar surface area (TPSA) is 49.4 Å². The Balaban J connectivity index is 2.01. The molecule has 0 spiro atoms. The molecule has 0 radical (unpaired) electrons. The van der Waals surface area contributed by atoms with Gasteiger partial charge in [-0.25, -0.2) is 8.42 Å². The second kappa shape index (κ2) is 6.35. The number of thiophene rings is 1. The van der Waals surface area contributed by atoms with Gasteiger partial charge in [-0.1, -0.05) is 12.5 Å². The van der Waals surface area contributed by atoms with Crippen LogP contribution in [0.1, 0.15) is 37.1 Å². The Morgan fingerprint density at radius 2 is 2.32 bits per heavy atom. The SMILES string of the molecule is CC(c1cccs1)N(C)S(=O)(=O)CC1CCCCN1. The van der Waals surface area contributed by atoms with Gasteiger partial charge in [0, 0.05) is 18.0 Å². The van der Waals surface area contributed by atoms with Crippen molar-refractivity contribution in [3.05, 3.63) is 22.4 Å². The van der Waals surface area contributed by atoms with Crippen molar-refractivity contribution in [1.29, 1.82) is 0 Å². The van der Waals surface area contributed by atoms with Crippen molar-refractivity contribution >= 4 is 21.4 Å². The van der Waals surface area contributed by atoms with Crippen LogP contribution in [0.4, 0.5) is 0 Å². The lowest BCUT2D eigenvalue weighted by Crippen LogP contribution is -2.43. The summed E-state index contributed by atoms with van der Waals surface area (Å²) in [5.74, 6) is 0.208. The molecule has 108 valence electrons. The fourth-order valence-electron chi connectivity index (χ4n) is 2.39. The number of piperidine rings is 1. The fourth-order valence-corrected chi connectivity index (χ4v) is 4.90. The molecule has 1 aromatic heterocycles. The first kappa shape index (κ1) is 15.0. The summed E-state index contributed by atoms with van der Waals surface area (Å²) >= 11 is 1.60. The molecule has 0 bridgehead atoms. The summed E-state index contributed by atoms with van der Waals surface area (Å²) in [6.45, 7) is 2.88. The van der Waals surface area contributed by atoms with Crippen molar-refractivity contribution < 1.29 is 8.42 Å². The Kier molecular flexibility index (Phi) is 5.00. The Hall–Kier alpha value is -0.430. The highest BCUT2D eigenvalue weighted by molar-refractivity contribution is 7.89. The van der Waals surface area contributed by atoms with Crippen LogP contribution >= 0.6 is 11.3 Å². The van der Waals surface area contributed by atoms with Crippen LogP contribution in [-0.2, 0) is 10.0 Å². The van der Waals surface area contributed by atoms with Gasteiger partial charge in [-0.2, -0.15) is 4.31 Å². The molecule has 2 rings (SSSR count). The Bertz CT molecular complexity index is 479. The zero-order chi connectivity index (χ0) is 13.9. The highest BCUT2D eigenvalue weighted by Crippen LogP contribution is 2.26. The maximum Gasteiger partial charge on any atom is 0.215 e. The van der Waals surface area contributed by atoms with Crippen molar-refractivity contribution in [2.75, 3.05) is 19.3 Å². The molecule has 0 aromatic carbocycles. The first-order valence-electron chi connectivity index (χ1n) is 6.73. The van der Waals surface area contributed by atoms with Gasteiger partial charge < -0.3 is 5.32 Å². The van der Waals surface area contributed by atoms with Gasteiger partial charge in [-0.05, 0) is 37.8 Å². The summed E-state index contributed by atoms with van der Waals surface area (Å²) in [5.41, 5.74) is 0. The number of hydrogen-bond donors (Lipinski definition) is 1. The van der Waals surface area contributed by atoms with Crippen LogP contribution in [0.25, 0.3) is 0 Å². The Morgan fingerprint density at radius 3 is 2.89 bits per heavy atom. The number of hydrogen-bond acceptors (Lipinski definition) is 4. The van der Waals surface area contributed by atoms with E-state index in [0.717, 1.165) is 30.7 Å². The van der Waals surface area contributed by atoms with Crippen LogP contribution in [0, 0.1) is 0 Å². The molecule has 1 saturated heterocycles. The van der Waals surface area contributed by atoms with Gasteiger partial charge in [0.25, 0.3) is 0 Å². The maximum absolute atomic E-state index is 12.4. The maximum atomic E-state index is 12.4. The molecule has 0 aliphatic carbocycles. The average molecular weight is 302 g/mol. The average Bonchev–Trinajstić information content (AvgIpc) is 2.91. The predicted octanol–water partition coefficient (Wildman–Crippen LogP) is 2.21. The first-order chi connectivity index (χ1) is 9.00. The lowest BCUT2D eigenvalue weighted by molar-refractivity contribution is 0.382. The standard InChI is InChI=1S/C13H22N2O2S2/c1-11(13-7-5-9-18-13)15(2)19(16,17)10-12-6-3-4-8-14-12/h5,7,9,11-12,14H,3-4,6,8,10H2,1-2H3. The van der Waals surface area contributed by atoms with Crippen LogP contribution in [0.15, 0.2) is 17.5 Å². The molecule has 19 heavy (non-hydrogen) atoms. The third-order valence-corrected chi connectivity index (χ3v) is 6.82. The van der Waals surface area contributed by atoms with Gasteiger partial charge in [-0.15, -0.1) is 11.3 Å². The van der Waals surface area contributed by atoms with E-state index in [0.29, 0.717) is 0 Å². The van der Waals surface area contributed by atoms with Gasteiger partial charge in [0.05, 0.1) is 11.8 Å². The molecule has 2 atom stereocenters. The molecule has 4 nitrogen and oxygen atoms in total. The molecule has 2 heterocycles. The third-order valence-electron chi connectivity index (χ3n) is 3.76. The van der Waals surface area contributed by atoms with E-state index in [1.165, 1.54) is 4.31 Å². The second-order valence-corrected chi connectivity index (χ2v) is 8.19. The van der Waals surface area contributed by atoms with Crippen molar-refractivity contribution in [2.45, 2.75) is 38.3 Å². The van der Waals surface area contributed by atoms with Crippen molar-refractivity contribution in [3.63, 3.8) is 0 Å². The molecule has 1 aromatic rings. The summed E-state index contributed by atoms with van der Waals surface area (Å²) < 4.78 is 26.4. The molecular formula is C13H22N2O2S2. The van der Waals surface area contributed by atoms with E-state index in [9.17, 15) is 8.42 Å². The smallest absolute Gasteiger partial charge is 0.215 e. The van der Waals surface area contributed by atoms with E-state index in [1.807, 2.05) is 24.4 Å². The van der Waals surface area contributed by atoms with Crippen LogP contribution in [0.3, 0.4) is 0 Å². The van der Waals surface area contributed by atoms with Crippen molar-refractivity contribution in [1.82, 2.24) is 9.62 Å². The molecule has 6 heteroatoms. The van der Waals surface area contributed by atoms with Crippen LogP contribution in [0.5, 0.6) is 0 Å². The number of sulfonamides is 1. The fraction of sp³-hybridized carbons (Fsp3) is 0.692. The van der Waals surface area contributed by atoms with Gasteiger partial charge in [0.15, 0.2) is 0 Å². The van der Waals surface area contributed by atoms with E-state index < -0.39 is 10.0 Å². The summed E-state index contributed by atoms with van der Waals surface area (Å²) in [5, 5.41) is 5.28. The zero-order valence-electron chi connectivity index (χ0n) is 11.5. The summed E-state index contributed by atoms with van der Waals surface area (Å²) in [4.78, 5) is 1.09. The molecule has 1 N–H and O–H groups in total. The van der Waals surface area contributed by atoms with E-state index in [1.54, 1.807) is 18.4 Å². The normalized spacial score (nSPS) is 22.6. The number of nitrogens with one attached hydrogen (secondary N) is 1. The van der Waals surface area contributed by atoms with Crippen molar-refractivity contribution in [2.24, 2.45) is 0 Å². The largest absolute Gasteiger partial charge is 0.313 e. The minimum Gasteiger partial charge on any atom is -0.313 e. The van der Waals surface area contributed by atoms with E-state index in [2.05, 4.69) is 5.32 Å². The van der Waals surface area contributed by atoms with Crippen LogP contribution in [0.2, 0.25) is 0 Å². The molecule has 0 saturated carbocycles. The first-order valence-corrected chi connectivity index (χ1v) is 9.22. The van der Waals surface area contributed by atoms with Gasteiger partial charge in [0.2, 0.25) is 10.0 Å². The Labute approximate surface area is 119 Å².